The molecule has 8 heteroatoms. The SMILES string of the molecule is NC(Cc1cc(F)ccc1F)C1CCN(C(=O)N2CCC(F)(F)C2)CC1. The van der Waals surface area contributed by atoms with E-state index in [-0.39, 0.29) is 42.9 Å². The highest BCUT2D eigenvalue weighted by Gasteiger charge is 2.42. The lowest BCUT2D eigenvalue weighted by atomic mass is 9.86. The number of alkyl halides is 2. The van der Waals surface area contributed by atoms with Crippen LogP contribution in [0, 0.1) is 17.6 Å². The Morgan fingerprint density at radius 2 is 1.88 bits per heavy atom. The Morgan fingerprint density at radius 1 is 1.19 bits per heavy atom. The number of piperidine rings is 1. The molecule has 1 unspecified atom stereocenters. The molecule has 2 aliphatic rings. The van der Waals surface area contributed by atoms with Crippen molar-refractivity contribution in [3.63, 3.8) is 0 Å². The Bertz CT molecular complexity index is 662. The van der Waals surface area contributed by atoms with Gasteiger partial charge in [-0.15, -0.1) is 0 Å². The number of hydrogen-bond acceptors (Lipinski definition) is 2. The van der Waals surface area contributed by atoms with Crippen molar-refractivity contribution >= 4 is 6.03 Å². The second-order valence-corrected chi connectivity index (χ2v) is 7.24. The van der Waals surface area contributed by atoms with Crippen molar-refractivity contribution in [3.05, 3.63) is 35.4 Å². The summed E-state index contributed by atoms with van der Waals surface area (Å²) >= 11 is 0. The summed E-state index contributed by atoms with van der Waals surface area (Å²) in [5, 5.41) is 0. The standard InChI is InChI=1S/C18H23F4N3O/c19-14-1-2-15(20)13(9-14)10-16(23)12-3-6-24(7-4-12)17(26)25-8-5-18(21,22)11-25/h1-2,9,12,16H,3-8,10-11,23H2. The zero-order valence-corrected chi connectivity index (χ0v) is 14.4. The summed E-state index contributed by atoms with van der Waals surface area (Å²) in [5.74, 6) is -3.71. The van der Waals surface area contributed by atoms with Crippen molar-refractivity contribution < 1.29 is 22.4 Å². The number of urea groups is 1. The van der Waals surface area contributed by atoms with Gasteiger partial charge in [0.15, 0.2) is 0 Å². The van der Waals surface area contributed by atoms with Gasteiger partial charge in [0.25, 0.3) is 5.92 Å². The van der Waals surface area contributed by atoms with Crippen molar-refractivity contribution in [2.75, 3.05) is 26.2 Å². The van der Waals surface area contributed by atoms with Gasteiger partial charge in [-0.05, 0) is 48.9 Å². The minimum absolute atomic E-state index is 0.0711. The summed E-state index contributed by atoms with van der Waals surface area (Å²) in [6.45, 7) is 0.421. The van der Waals surface area contributed by atoms with Gasteiger partial charge >= 0.3 is 6.03 Å². The zero-order valence-electron chi connectivity index (χ0n) is 14.4. The quantitative estimate of drug-likeness (QED) is 0.828. The number of nitrogens with two attached hydrogens (primary N) is 1. The minimum atomic E-state index is -2.80. The molecule has 2 fully saturated rings. The Balaban J connectivity index is 1.51. The fraction of sp³-hybridized carbons (Fsp3) is 0.611. The average molecular weight is 373 g/mol. The molecular weight excluding hydrogens is 350 g/mol. The third kappa shape index (κ3) is 4.28. The molecule has 1 aromatic carbocycles. The van der Waals surface area contributed by atoms with E-state index in [0.29, 0.717) is 25.9 Å². The molecule has 0 aliphatic carbocycles. The van der Waals surface area contributed by atoms with Gasteiger partial charge in [0.05, 0.1) is 6.54 Å². The number of amides is 2. The fourth-order valence-electron chi connectivity index (χ4n) is 3.74. The van der Waals surface area contributed by atoms with Gasteiger partial charge in [-0.3, -0.25) is 0 Å². The number of hydrogen-bond donors (Lipinski definition) is 1. The summed E-state index contributed by atoms with van der Waals surface area (Å²) in [6.07, 6.45) is 1.17. The molecule has 2 aliphatic heterocycles. The number of rotatable bonds is 3. The van der Waals surface area contributed by atoms with Crippen LogP contribution < -0.4 is 5.73 Å². The van der Waals surface area contributed by atoms with E-state index in [4.69, 9.17) is 5.73 Å². The van der Waals surface area contributed by atoms with Gasteiger partial charge in [-0.25, -0.2) is 22.4 Å². The van der Waals surface area contributed by atoms with E-state index in [1.807, 2.05) is 0 Å². The highest BCUT2D eigenvalue weighted by molar-refractivity contribution is 5.75. The van der Waals surface area contributed by atoms with Crippen LogP contribution in [0.4, 0.5) is 22.4 Å². The predicted octanol–water partition coefficient (Wildman–Crippen LogP) is 3.01. The van der Waals surface area contributed by atoms with Crippen LogP contribution in [-0.2, 0) is 6.42 Å². The lowest BCUT2D eigenvalue weighted by Gasteiger charge is -2.36. The summed E-state index contributed by atoms with van der Waals surface area (Å²) in [5.41, 5.74) is 6.42. The Labute approximate surface area is 149 Å². The normalized spacial score (nSPS) is 21.9. The number of carbonyl (C=O) groups is 1. The van der Waals surface area contributed by atoms with Gasteiger partial charge in [0, 0.05) is 32.1 Å². The first-order valence-electron chi connectivity index (χ1n) is 8.86. The molecule has 0 radical (unpaired) electrons. The maximum Gasteiger partial charge on any atom is 0.320 e. The Morgan fingerprint density at radius 3 is 2.50 bits per heavy atom. The van der Waals surface area contributed by atoms with Crippen LogP contribution in [-0.4, -0.2) is 54.0 Å². The first-order valence-corrected chi connectivity index (χ1v) is 8.86. The second-order valence-electron chi connectivity index (χ2n) is 7.24. The minimum Gasteiger partial charge on any atom is -0.327 e. The molecule has 1 atom stereocenters. The number of likely N-dealkylation sites (tertiary alicyclic amines) is 2. The summed E-state index contributed by atoms with van der Waals surface area (Å²) in [6, 6.07) is 2.60. The monoisotopic (exact) mass is 373 g/mol. The first-order chi connectivity index (χ1) is 12.2. The maximum absolute atomic E-state index is 13.8. The Kier molecular flexibility index (Phi) is 5.41. The Hall–Kier alpha value is -1.83. The molecule has 0 aromatic heterocycles. The number of carbonyl (C=O) groups excluding carboxylic acids is 1. The van der Waals surface area contributed by atoms with E-state index in [1.165, 1.54) is 4.90 Å². The number of benzene rings is 1. The molecule has 1 aromatic rings. The molecule has 2 N–H and O–H groups in total. The van der Waals surface area contributed by atoms with E-state index in [9.17, 15) is 22.4 Å². The third-order valence-electron chi connectivity index (χ3n) is 5.32. The molecule has 2 amide bonds. The van der Waals surface area contributed by atoms with E-state index in [1.54, 1.807) is 4.90 Å². The molecule has 2 heterocycles. The highest BCUT2D eigenvalue weighted by Crippen LogP contribution is 2.29. The van der Waals surface area contributed by atoms with Crippen LogP contribution in [0.3, 0.4) is 0 Å². The van der Waals surface area contributed by atoms with Crippen molar-refractivity contribution in [3.8, 4) is 0 Å². The lowest BCUT2D eigenvalue weighted by Crippen LogP contribution is -2.49. The van der Waals surface area contributed by atoms with Crippen LogP contribution in [0.1, 0.15) is 24.8 Å². The molecule has 0 spiro atoms. The van der Waals surface area contributed by atoms with Crippen LogP contribution in [0.15, 0.2) is 18.2 Å². The smallest absolute Gasteiger partial charge is 0.320 e. The van der Waals surface area contributed by atoms with Crippen molar-refractivity contribution in [2.24, 2.45) is 11.7 Å². The van der Waals surface area contributed by atoms with Gasteiger partial charge in [-0.2, -0.15) is 0 Å². The van der Waals surface area contributed by atoms with Gasteiger partial charge in [-0.1, -0.05) is 0 Å². The van der Waals surface area contributed by atoms with Gasteiger partial charge in [0.2, 0.25) is 0 Å². The van der Waals surface area contributed by atoms with E-state index >= 15 is 0 Å². The van der Waals surface area contributed by atoms with Crippen LogP contribution in [0.25, 0.3) is 0 Å². The number of halogens is 4. The van der Waals surface area contributed by atoms with E-state index in [0.717, 1.165) is 18.2 Å². The first kappa shape index (κ1) is 18.9. The topological polar surface area (TPSA) is 49.6 Å². The molecular formula is C18H23F4N3O. The zero-order chi connectivity index (χ0) is 18.9. The predicted molar refractivity (Wildman–Crippen MR) is 88.9 cm³/mol. The maximum atomic E-state index is 13.8. The number of nitrogens with zero attached hydrogens (tertiary/aromatic N) is 2. The molecule has 2 saturated heterocycles. The summed E-state index contributed by atoms with van der Waals surface area (Å²) in [7, 11) is 0. The van der Waals surface area contributed by atoms with Crippen molar-refractivity contribution in [2.45, 2.75) is 37.6 Å². The second kappa shape index (κ2) is 7.42. The highest BCUT2D eigenvalue weighted by atomic mass is 19.3. The fourth-order valence-corrected chi connectivity index (χ4v) is 3.74. The van der Waals surface area contributed by atoms with Crippen LogP contribution in [0.5, 0.6) is 0 Å². The van der Waals surface area contributed by atoms with E-state index in [2.05, 4.69) is 0 Å². The molecule has 26 heavy (non-hydrogen) atoms. The molecule has 0 saturated carbocycles. The molecule has 144 valence electrons. The van der Waals surface area contributed by atoms with Crippen LogP contribution >= 0.6 is 0 Å². The average Bonchev–Trinajstić information content (AvgIpc) is 2.97. The molecule has 0 bridgehead atoms. The van der Waals surface area contributed by atoms with Gasteiger partial charge in [0.1, 0.15) is 11.6 Å². The summed E-state index contributed by atoms with van der Waals surface area (Å²) < 4.78 is 53.6. The largest absolute Gasteiger partial charge is 0.327 e. The van der Waals surface area contributed by atoms with Crippen molar-refractivity contribution in [1.29, 1.82) is 0 Å². The third-order valence-corrected chi connectivity index (χ3v) is 5.32. The lowest BCUT2D eigenvalue weighted by molar-refractivity contribution is 0.0133. The van der Waals surface area contributed by atoms with Crippen LogP contribution in [0.2, 0.25) is 0 Å². The van der Waals surface area contributed by atoms with E-state index < -0.39 is 24.1 Å². The molecule has 4 nitrogen and oxygen atoms in total. The summed E-state index contributed by atoms with van der Waals surface area (Å²) in [4.78, 5) is 15.1. The van der Waals surface area contributed by atoms with Crippen molar-refractivity contribution in [1.82, 2.24) is 9.80 Å². The molecule has 3 rings (SSSR count). The van der Waals surface area contributed by atoms with Gasteiger partial charge < -0.3 is 15.5 Å².